The third kappa shape index (κ3) is 5.40. The summed E-state index contributed by atoms with van der Waals surface area (Å²) in [5, 5.41) is 21.2. The average molecular weight is 355 g/mol. The second-order valence-corrected chi connectivity index (χ2v) is 5.10. The van der Waals surface area contributed by atoms with Crippen molar-refractivity contribution in [3.8, 4) is 5.75 Å². The van der Waals surface area contributed by atoms with E-state index in [1.54, 1.807) is 6.07 Å². The maximum absolute atomic E-state index is 12.1. The molecule has 1 unspecified atom stereocenters. The molecule has 0 aromatic heterocycles. The molecule has 0 saturated heterocycles. The number of amides is 1. The van der Waals surface area contributed by atoms with Gasteiger partial charge in [-0.2, -0.15) is 13.2 Å². The number of halogens is 3. The normalized spacial score (nSPS) is 16.5. The number of benzene rings is 1. The van der Waals surface area contributed by atoms with Crippen molar-refractivity contribution in [3.63, 3.8) is 0 Å². The summed E-state index contributed by atoms with van der Waals surface area (Å²) in [6, 6.07) is 4.34. The van der Waals surface area contributed by atoms with Crippen LogP contribution in [-0.4, -0.2) is 70.8 Å². The summed E-state index contributed by atoms with van der Waals surface area (Å²) in [6.45, 7) is 0. The number of hydrogen-bond donors (Lipinski definition) is 3. The van der Waals surface area contributed by atoms with Gasteiger partial charge in [0, 0.05) is 6.42 Å². The molecule has 0 bridgehead atoms. The van der Waals surface area contributed by atoms with Crippen molar-refractivity contribution >= 4 is 48.6 Å². The van der Waals surface area contributed by atoms with E-state index in [1.165, 1.54) is 12.1 Å². The van der Waals surface area contributed by atoms with Crippen LogP contribution in [0.3, 0.4) is 0 Å². The molecule has 0 radical (unpaired) electrons. The number of nitrogens with one attached hydrogen (secondary N) is 1. The molecule has 1 aromatic rings. The molecule has 24 heavy (non-hydrogen) atoms. The zero-order valence-corrected chi connectivity index (χ0v) is 11.8. The van der Waals surface area contributed by atoms with Gasteiger partial charge in [-0.15, -0.1) is 0 Å². The molecule has 126 valence electrons. The van der Waals surface area contributed by atoms with Crippen LogP contribution in [0.1, 0.15) is 28.8 Å². The third-order valence-corrected chi connectivity index (χ3v) is 3.33. The predicted molar refractivity (Wildman–Crippen MR) is 80.1 cm³/mol. The van der Waals surface area contributed by atoms with Crippen molar-refractivity contribution in [1.29, 1.82) is 0 Å². The average Bonchev–Trinajstić information content (AvgIpc) is 2.44. The second-order valence-electron chi connectivity index (χ2n) is 5.10. The van der Waals surface area contributed by atoms with Crippen LogP contribution in [0.15, 0.2) is 18.2 Å². The predicted octanol–water partition coefficient (Wildman–Crippen LogP) is 0.518. The van der Waals surface area contributed by atoms with Gasteiger partial charge >= 0.3 is 48.8 Å². The van der Waals surface area contributed by atoms with Gasteiger partial charge in [0.2, 0.25) is 5.91 Å². The molecule has 6 nitrogen and oxygen atoms in total. The zero-order chi connectivity index (χ0) is 17.2. The third-order valence-electron chi connectivity index (χ3n) is 3.33. The van der Waals surface area contributed by atoms with Gasteiger partial charge in [-0.25, -0.2) is 4.79 Å². The molecule has 0 fully saturated rings. The van der Waals surface area contributed by atoms with E-state index < -0.39 is 44.0 Å². The van der Waals surface area contributed by atoms with Gasteiger partial charge in [-0.1, -0.05) is 12.1 Å². The molecular formula is C13H14BF3NNaO5. The molecule has 1 aliphatic rings. The fourth-order valence-electron chi connectivity index (χ4n) is 2.25. The summed E-state index contributed by atoms with van der Waals surface area (Å²) in [5.41, 5.74) is 0.305. The van der Waals surface area contributed by atoms with Crippen molar-refractivity contribution in [3.05, 3.63) is 29.3 Å². The fraction of sp³-hybridized carbons (Fsp3) is 0.385. The Morgan fingerprint density at radius 1 is 1.38 bits per heavy atom. The SMILES string of the molecule is O=C(CCC(F)(F)F)NC1Cc2cccc(C(=O)O)c2OB1O.[NaH]. The molecule has 3 N–H and O–H groups in total. The summed E-state index contributed by atoms with van der Waals surface area (Å²) in [6.07, 6.45) is -6.41. The molecule has 1 atom stereocenters. The van der Waals surface area contributed by atoms with Crippen LogP contribution >= 0.6 is 0 Å². The first-order valence-corrected chi connectivity index (χ1v) is 6.73. The number of alkyl halides is 3. The Balaban J connectivity index is 0.00000288. The summed E-state index contributed by atoms with van der Waals surface area (Å²) < 4.78 is 41.4. The van der Waals surface area contributed by atoms with E-state index in [0.29, 0.717) is 5.56 Å². The van der Waals surface area contributed by atoms with Gasteiger partial charge in [0.1, 0.15) is 5.75 Å². The van der Waals surface area contributed by atoms with Gasteiger partial charge in [-0.3, -0.25) is 4.79 Å². The first-order chi connectivity index (χ1) is 10.7. The number of para-hydroxylation sites is 1. The number of hydrogen-bond acceptors (Lipinski definition) is 4. The summed E-state index contributed by atoms with van der Waals surface area (Å²) in [7, 11) is -1.54. The fourth-order valence-corrected chi connectivity index (χ4v) is 2.25. The van der Waals surface area contributed by atoms with Crippen molar-refractivity contribution in [2.75, 3.05) is 0 Å². The second kappa shape index (κ2) is 8.24. The van der Waals surface area contributed by atoms with Crippen molar-refractivity contribution in [2.45, 2.75) is 31.4 Å². The number of carbonyl (C=O) groups is 2. The quantitative estimate of drug-likeness (QED) is 0.685. The van der Waals surface area contributed by atoms with Crippen LogP contribution in [0.2, 0.25) is 0 Å². The van der Waals surface area contributed by atoms with E-state index in [0.717, 1.165) is 0 Å². The Bertz CT molecular complexity index is 628. The molecular weight excluding hydrogens is 341 g/mol. The van der Waals surface area contributed by atoms with Gasteiger partial charge in [-0.05, 0) is 18.1 Å². The Morgan fingerprint density at radius 2 is 2.04 bits per heavy atom. The number of carboxylic acid groups (broad SMARTS) is 1. The molecule has 0 aliphatic carbocycles. The zero-order valence-electron chi connectivity index (χ0n) is 11.8. The van der Waals surface area contributed by atoms with Gasteiger partial charge < -0.3 is 20.1 Å². The standard InChI is InChI=1S/C13H13BF3NO5.Na.H/c15-13(16,17)5-4-10(19)18-9-6-7-2-1-3-8(12(20)21)11(7)23-14(9)22;;/h1-3,9,22H,4-6H2,(H,18,19)(H,20,21);;. The molecule has 1 aromatic carbocycles. The van der Waals surface area contributed by atoms with Crippen LogP contribution in [0, 0.1) is 0 Å². The molecule has 0 saturated carbocycles. The molecule has 0 spiro atoms. The van der Waals surface area contributed by atoms with Gasteiger partial charge in [0.15, 0.2) is 0 Å². The van der Waals surface area contributed by atoms with Crippen LogP contribution < -0.4 is 9.97 Å². The van der Waals surface area contributed by atoms with E-state index in [9.17, 15) is 27.8 Å². The summed E-state index contributed by atoms with van der Waals surface area (Å²) in [5.74, 6) is -3.06. The Kier molecular flexibility index (Phi) is 7.15. The molecule has 1 aliphatic heterocycles. The Morgan fingerprint density at radius 3 is 2.62 bits per heavy atom. The van der Waals surface area contributed by atoms with E-state index in [1.807, 2.05) is 0 Å². The number of carboxylic acids is 1. The van der Waals surface area contributed by atoms with Crippen LogP contribution in [-0.2, 0) is 11.2 Å². The van der Waals surface area contributed by atoms with E-state index >= 15 is 0 Å². The van der Waals surface area contributed by atoms with E-state index in [2.05, 4.69) is 5.32 Å². The van der Waals surface area contributed by atoms with Gasteiger partial charge in [0.25, 0.3) is 0 Å². The van der Waals surface area contributed by atoms with Crippen molar-refractivity contribution in [2.24, 2.45) is 0 Å². The van der Waals surface area contributed by atoms with E-state index in [-0.39, 0.29) is 47.3 Å². The number of rotatable bonds is 4. The first kappa shape index (κ1) is 20.8. The van der Waals surface area contributed by atoms with Gasteiger partial charge in [0.05, 0.1) is 17.9 Å². The van der Waals surface area contributed by atoms with Crippen LogP contribution in [0.4, 0.5) is 13.2 Å². The Hall–Kier alpha value is -1.23. The van der Waals surface area contributed by atoms with Crippen LogP contribution in [0.25, 0.3) is 0 Å². The Labute approximate surface area is 157 Å². The van der Waals surface area contributed by atoms with Crippen molar-refractivity contribution < 1.29 is 37.5 Å². The number of aromatic carboxylic acids is 1. The topological polar surface area (TPSA) is 95.9 Å². The number of carbonyl (C=O) groups excluding carboxylic acids is 1. The summed E-state index contributed by atoms with van der Waals surface area (Å²) in [4.78, 5) is 22.6. The monoisotopic (exact) mass is 355 g/mol. The first-order valence-electron chi connectivity index (χ1n) is 6.73. The number of fused-ring (bicyclic) bond motifs is 1. The minimum atomic E-state index is -4.44. The maximum atomic E-state index is 12.1. The van der Waals surface area contributed by atoms with Crippen LogP contribution in [0.5, 0.6) is 5.75 Å². The molecule has 1 heterocycles. The minimum absolute atomic E-state index is 0. The summed E-state index contributed by atoms with van der Waals surface area (Å²) >= 11 is 0. The molecule has 1 amide bonds. The molecule has 2 rings (SSSR count). The van der Waals surface area contributed by atoms with Crippen molar-refractivity contribution in [1.82, 2.24) is 5.32 Å². The van der Waals surface area contributed by atoms with E-state index in [4.69, 9.17) is 9.76 Å². The molecule has 11 heteroatoms.